The molecule has 1 aromatic carbocycles. The minimum absolute atomic E-state index is 0.000909. The maximum absolute atomic E-state index is 12.1. The molecule has 0 unspecified atom stereocenters. The number of nitrogens with two attached hydrogens (primary N) is 1. The van der Waals surface area contributed by atoms with Crippen LogP contribution in [-0.4, -0.2) is 29.9 Å². The first-order chi connectivity index (χ1) is 11.7. The van der Waals surface area contributed by atoms with E-state index >= 15 is 0 Å². The fourth-order valence-corrected chi connectivity index (χ4v) is 3.23. The van der Waals surface area contributed by atoms with Crippen molar-refractivity contribution in [1.82, 2.24) is 4.90 Å². The summed E-state index contributed by atoms with van der Waals surface area (Å²) in [4.78, 5) is 14.0. The van der Waals surface area contributed by atoms with Gasteiger partial charge in [-0.25, -0.2) is 0 Å². The summed E-state index contributed by atoms with van der Waals surface area (Å²) in [5.74, 6) is 0.776. The average molecular weight is 366 g/mol. The third-order valence-electron chi connectivity index (χ3n) is 4.73. The molecule has 0 atom stereocenters. The number of benzene rings is 1. The van der Waals surface area contributed by atoms with Gasteiger partial charge in [-0.2, -0.15) is 0 Å². The summed E-state index contributed by atoms with van der Waals surface area (Å²) in [5.41, 5.74) is 6.60. The lowest BCUT2D eigenvalue weighted by Gasteiger charge is -2.31. The Morgan fingerprint density at radius 1 is 1.36 bits per heavy atom. The third-order valence-corrected chi connectivity index (χ3v) is 5.03. The van der Waals surface area contributed by atoms with Gasteiger partial charge in [-0.05, 0) is 48.3 Å². The van der Waals surface area contributed by atoms with E-state index in [1.165, 1.54) is 0 Å². The Balaban J connectivity index is 1.82. The molecule has 0 radical (unpaired) electrons. The van der Waals surface area contributed by atoms with E-state index < -0.39 is 0 Å². The van der Waals surface area contributed by atoms with E-state index in [-0.39, 0.29) is 17.3 Å². The molecule has 138 valence electrons. The average Bonchev–Trinajstić information content (AvgIpc) is 2.54. The molecular formula is C19H28ClN3O2. The van der Waals surface area contributed by atoms with Crippen molar-refractivity contribution in [3.63, 3.8) is 0 Å². The number of piperidine rings is 1. The van der Waals surface area contributed by atoms with Crippen molar-refractivity contribution < 1.29 is 9.53 Å². The van der Waals surface area contributed by atoms with E-state index in [9.17, 15) is 4.79 Å². The summed E-state index contributed by atoms with van der Waals surface area (Å²) >= 11 is 6.26. The van der Waals surface area contributed by atoms with E-state index in [1.807, 2.05) is 17.0 Å². The molecule has 3 N–H and O–H groups in total. The molecule has 1 heterocycles. The van der Waals surface area contributed by atoms with E-state index in [1.54, 1.807) is 6.07 Å². The molecule has 1 aliphatic rings. The second-order valence-corrected chi connectivity index (χ2v) is 8.13. The highest BCUT2D eigenvalue weighted by molar-refractivity contribution is 6.32. The van der Waals surface area contributed by atoms with Gasteiger partial charge in [0.2, 0.25) is 0 Å². The lowest BCUT2D eigenvalue weighted by Crippen LogP contribution is -2.42. The molecule has 25 heavy (non-hydrogen) atoms. The number of carbonyl (C=O) groups is 1. The lowest BCUT2D eigenvalue weighted by atomic mass is 9.87. The molecular weight excluding hydrogens is 338 g/mol. The molecule has 5 nitrogen and oxygen atoms in total. The highest BCUT2D eigenvalue weighted by Crippen LogP contribution is 2.31. The largest absolute Gasteiger partial charge is 0.425 e. The van der Waals surface area contributed by atoms with Gasteiger partial charge in [0, 0.05) is 19.5 Å². The van der Waals surface area contributed by atoms with Crippen LogP contribution in [0, 0.1) is 11.3 Å². The van der Waals surface area contributed by atoms with Crippen LogP contribution < -0.4 is 10.5 Å². The van der Waals surface area contributed by atoms with Gasteiger partial charge in [0.1, 0.15) is 5.75 Å². The van der Waals surface area contributed by atoms with Gasteiger partial charge in [0.15, 0.2) is 5.96 Å². The molecule has 6 heteroatoms. The van der Waals surface area contributed by atoms with Crippen LogP contribution in [0.3, 0.4) is 0 Å². The van der Waals surface area contributed by atoms with Gasteiger partial charge in [-0.15, -0.1) is 0 Å². The molecule has 1 aliphatic heterocycles. The number of carbonyl (C=O) groups excluding carboxylic acids is 1. The van der Waals surface area contributed by atoms with Crippen LogP contribution in [0.2, 0.25) is 5.02 Å². The van der Waals surface area contributed by atoms with Gasteiger partial charge >= 0.3 is 5.97 Å². The summed E-state index contributed by atoms with van der Waals surface area (Å²) < 4.78 is 5.43. The Hall–Kier alpha value is -1.75. The number of nitrogens with zero attached hydrogens (tertiary/aromatic N) is 1. The monoisotopic (exact) mass is 365 g/mol. The number of nitrogens with one attached hydrogen (secondary N) is 1. The van der Waals surface area contributed by atoms with Crippen LogP contribution in [0.5, 0.6) is 5.75 Å². The fourth-order valence-electron chi connectivity index (χ4n) is 3.01. The van der Waals surface area contributed by atoms with Crippen molar-refractivity contribution in [3.8, 4) is 5.75 Å². The Bertz CT molecular complexity index is 632. The Labute approximate surface area is 155 Å². The van der Waals surface area contributed by atoms with Gasteiger partial charge in [0.05, 0.1) is 5.02 Å². The first-order valence-electron chi connectivity index (χ1n) is 8.76. The fraction of sp³-hybridized carbons (Fsp3) is 0.579. The second-order valence-electron chi connectivity index (χ2n) is 7.72. The molecule has 0 aliphatic carbocycles. The summed E-state index contributed by atoms with van der Waals surface area (Å²) in [5, 5.41) is 7.91. The molecule has 1 aromatic rings. The molecule has 0 saturated carbocycles. The Morgan fingerprint density at radius 3 is 2.52 bits per heavy atom. The molecule has 0 spiro atoms. The number of hydrogen-bond donors (Lipinski definition) is 2. The normalized spacial score (nSPS) is 15.9. The lowest BCUT2D eigenvalue weighted by molar-refractivity contribution is -0.134. The number of esters is 1. The van der Waals surface area contributed by atoms with Crippen LogP contribution in [0.1, 0.15) is 52.0 Å². The summed E-state index contributed by atoms with van der Waals surface area (Å²) in [6.07, 6.45) is 3.08. The number of halogens is 1. The van der Waals surface area contributed by atoms with Crippen molar-refractivity contribution in [2.24, 2.45) is 11.7 Å². The van der Waals surface area contributed by atoms with Crippen LogP contribution in [0.4, 0.5) is 0 Å². The Kier molecular flexibility index (Phi) is 6.33. The standard InChI is InChI=1S/C19H28ClN3O2/c1-19(2,3)14-5-6-16(15(20)12-14)25-17(24)7-4-13-8-10-23(11-9-13)18(21)22/h5-6,12-13H,4,7-11H2,1-3H3,(H3,21,22). The minimum Gasteiger partial charge on any atom is -0.425 e. The SMILES string of the molecule is CC(C)(C)c1ccc(OC(=O)CCC2CCN(C(=N)N)CC2)c(Cl)c1. The predicted octanol–water partition coefficient (Wildman–Crippen LogP) is 3.93. The molecule has 0 bridgehead atoms. The zero-order valence-electron chi connectivity index (χ0n) is 15.3. The molecule has 2 rings (SSSR count). The summed E-state index contributed by atoms with van der Waals surface area (Å²) in [7, 11) is 0. The molecule has 1 saturated heterocycles. The van der Waals surface area contributed by atoms with Crippen molar-refractivity contribution in [3.05, 3.63) is 28.8 Å². The highest BCUT2D eigenvalue weighted by atomic mass is 35.5. The summed E-state index contributed by atoms with van der Waals surface area (Å²) in [6, 6.07) is 5.58. The van der Waals surface area contributed by atoms with Crippen LogP contribution in [0.25, 0.3) is 0 Å². The second kappa shape index (κ2) is 8.09. The van der Waals surface area contributed by atoms with Crippen molar-refractivity contribution in [1.29, 1.82) is 5.41 Å². The number of guanidine groups is 1. The third kappa shape index (κ3) is 5.63. The molecule has 0 aromatic heterocycles. The number of ether oxygens (including phenoxy) is 1. The minimum atomic E-state index is -0.251. The van der Waals surface area contributed by atoms with E-state index in [0.29, 0.717) is 23.1 Å². The quantitative estimate of drug-likeness (QED) is 0.366. The zero-order chi connectivity index (χ0) is 18.6. The topological polar surface area (TPSA) is 79.4 Å². The first kappa shape index (κ1) is 19.6. The predicted molar refractivity (Wildman–Crippen MR) is 101 cm³/mol. The van der Waals surface area contributed by atoms with Gasteiger partial charge in [0.25, 0.3) is 0 Å². The molecule has 1 fully saturated rings. The summed E-state index contributed by atoms with van der Waals surface area (Å²) in [6.45, 7) is 7.91. The molecule has 0 amide bonds. The van der Waals surface area contributed by atoms with Gasteiger partial charge in [-0.1, -0.05) is 38.4 Å². The van der Waals surface area contributed by atoms with Crippen LogP contribution in [0.15, 0.2) is 18.2 Å². The van der Waals surface area contributed by atoms with Crippen molar-refractivity contribution >= 4 is 23.5 Å². The number of rotatable bonds is 4. The zero-order valence-corrected chi connectivity index (χ0v) is 16.0. The van der Waals surface area contributed by atoms with Crippen LogP contribution in [-0.2, 0) is 10.2 Å². The van der Waals surface area contributed by atoms with Crippen molar-refractivity contribution in [2.45, 2.75) is 51.9 Å². The van der Waals surface area contributed by atoms with Gasteiger partial charge < -0.3 is 15.4 Å². The first-order valence-corrected chi connectivity index (χ1v) is 9.14. The van der Waals surface area contributed by atoms with E-state index in [0.717, 1.165) is 37.9 Å². The maximum atomic E-state index is 12.1. The highest BCUT2D eigenvalue weighted by Gasteiger charge is 2.21. The number of hydrogen-bond acceptors (Lipinski definition) is 3. The van der Waals surface area contributed by atoms with Gasteiger partial charge in [-0.3, -0.25) is 10.2 Å². The number of likely N-dealkylation sites (tertiary alicyclic amines) is 1. The van der Waals surface area contributed by atoms with Crippen molar-refractivity contribution in [2.75, 3.05) is 13.1 Å². The van der Waals surface area contributed by atoms with E-state index in [2.05, 4.69) is 20.8 Å². The maximum Gasteiger partial charge on any atom is 0.311 e. The van der Waals surface area contributed by atoms with Crippen LogP contribution >= 0.6 is 11.6 Å². The Morgan fingerprint density at radius 2 is 2.00 bits per heavy atom. The smallest absolute Gasteiger partial charge is 0.311 e. The van der Waals surface area contributed by atoms with E-state index in [4.69, 9.17) is 27.5 Å².